The van der Waals surface area contributed by atoms with Gasteiger partial charge in [-0.3, -0.25) is 0 Å². The van der Waals surface area contributed by atoms with Gasteiger partial charge in [-0.1, -0.05) is 5.10 Å². The quantitative estimate of drug-likeness (QED) is 0.783. The lowest BCUT2D eigenvalue weighted by atomic mass is 10.2. The van der Waals surface area contributed by atoms with Gasteiger partial charge < -0.3 is 14.2 Å². The van der Waals surface area contributed by atoms with Crippen molar-refractivity contribution in [2.24, 2.45) is 0 Å². The average Bonchev–Trinajstić information content (AvgIpc) is 2.95. The van der Waals surface area contributed by atoms with Crippen LogP contribution in [-0.4, -0.2) is 29.9 Å². The van der Waals surface area contributed by atoms with E-state index >= 15 is 0 Å². The molecule has 0 unspecified atom stereocenters. The van der Waals surface area contributed by atoms with Gasteiger partial charge in [-0.25, -0.2) is 4.79 Å². The van der Waals surface area contributed by atoms with Gasteiger partial charge in [0, 0.05) is 6.07 Å². The maximum Gasteiger partial charge on any atom is 0.369 e. The van der Waals surface area contributed by atoms with E-state index in [1.165, 1.54) is 13.2 Å². The predicted molar refractivity (Wildman–Crippen MR) is 73.6 cm³/mol. The molecule has 0 radical (unpaired) electrons. The molecule has 0 fully saturated rings. The molecule has 108 valence electrons. The molecule has 21 heavy (non-hydrogen) atoms. The van der Waals surface area contributed by atoms with E-state index < -0.39 is 5.97 Å². The Labute approximate surface area is 124 Å². The minimum Gasteiger partial charge on any atom is -0.497 e. The molecule has 0 saturated heterocycles. The molecule has 1 aromatic carbocycles. The van der Waals surface area contributed by atoms with E-state index in [9.17, 15) is 4.79 Å². The second kappa shape index (κ2) is 6.67. The van der Waals surface area contributed by atoms with E-state index in [-0.39, 0.29) is 16.8 Å². The van der Waals surface area contributed by atoms with Crippen LogP contribution >= 0.6 is 11.3 Å². The van der Waals surface area contributed by atoms with Gasteiger partial charge in [0.15, 0.2) is 0 Å². The molecule has 2 rings (SSSR count). The van der Waals surface area contributed by atoms with E-state index in [4.69, 9.17) is 19.5 Å². The van der Waals surface area contributed by atoms with Gasteiger partial charge >= 0.3 is 5.97 Å². The van der Waals surface area contributed by atoms with Crippen molar-refractivity contribution in [3.63, 3.8) is 0 Å². The number of esters is 1. The summed E-state index contributed by atoms with van der Waals surface area (Å²) in [6.07, 6.45) is 0. The number of hydrogen-bond acceptors (Lipinski definition) is 8. The molecule has 0 saturated carbocycles. The molecule has 0 amide bonds. The second-order valence-corrected chi connectivity index (χ2v) is 4.64. The Bertz CT molecular complexity index is 693. The number of carbonyl (C=O) groups excluding carboxylic acids is 1. The van der Waals surface area contributed by atoms with Crippen LogP contribution in [0.3, 0.4) is 0 Å². The minimum atomic E-state index is -0.548. The Kier molecular flexibility index (Phi) is 4.68. The Morgan fingerprint density at radius 1 is 1.33 bits per heavy atom. The number of ether oxygens (including phenoxy) is 3. The van der Waals surface area contributed by atoms with Crippen molar-refractivity contribution < 1.29 is 19.0 Å². The summed E-state index contributed by atoms with van der Waals surface area (Å²) in [5, 5.41) is 16.7. The minimum absolute atomic E-state index is 0.107. The van der Waals surface area contributed by atoms with E-state index in [0.29, 0.717) is 17.1 Å². The van der Waals surface area contributed by atoms with Gasteiger partial charge in [0.25, 0.3) is 5.19 Å². The number of benzene rings is 1. The van der Waals surface area contributed by atoms with Crippen LogP contribution in [0.15, 0.2) is 18.2 Å². The summed E-state index contributed by atoms with van der Waals surface area (Å²) in [5.41, 5.74) is 0.388. The van der Waals surface area contributed by atoms with Crippen LogP contribution in [-0.2, 0) is 4.74 Å². The highest BCUT2D eigenvalue weighted by molar-refractivity contribution is 7.14. The number of hydrogen-bond donors (Lipinski definition) is 0. The Hall–Kier alpha value is -2.66. The van der Waals surface area contributed by atoms with Gasteiger partial charge in [0.05, 0.1) is 25.3 Å². The van der Waals surface area contributed by atoms with Crippen molar-refractivity contribution in [3.8, 4) is 22.8 Å². The molecule has 0 aliphatic carbocycles. The van der Waals surface area contributed by atoms with Crippen molar-refractivity contribution in [2.45, 2.75) is 6.92 Å². The smallest absolute Gasteiger partial charge is 0.369 e. The summed E-state index contributed by atoms with van der Waals surface area (Å²) in [5.74, 6) is 0.310. The monoisotopic (exact) mass is 305 g/mol. The van der Waals surface area contributed by atoms with Gasteiger partial charge in [0.1, 0.15) is 11.5 Å². The Morgan fingerprint density at radius 2 is 2.10 bits per heavy atom. The van der Waals surface area contributed by atoms with E-state index in [0.717, 1.165) is 11.3 Å². The lowest BCUT2D eigenvalue weighted by Gasteiger charge is -2.04. The first kappa shape index (κ1) is 14.7. The van der Waals surface area contributed by atoms with Crippen LogP contribution in [0.5, 0.6) is 16.7 Å². The first-order valence-electron chi connectivity index (χ1n) is 5.94. The molecule has 2 aromatic rings. The van der Waals surface area contributed by atoms with Crippen molar-refractivity contribution in [3.05, 3.63) is 28.8 Å². The molecule has 0 spiro atoms. The van der Waals surface area contributed by atoms with Gasteiger partial charge in [-0.05, 0) is 30.4 Å². The second-order valence-electron chi connectivity index (χ2n) is 3.70. The molecule has 7 nitrogen and oxygen atoms in total. The molecule has 1 aromatic heterocycles. The highest BCUT2D eigenvalue weighted by Crippen LogP contribution is 2.29. The fourth-order valence-electron chi connectivity index (χ4n) is 1.44. The van der Waals surface area contributed by atoms with Crippen LogP contribution in [0.4, 0.5) is 0 Å². The zero-order chi connectivity index (χ0) is 15.2. The maximum absolute atomic E-state index is 11.5. The largest absolute Gasteiger partial charge is 0.497 e. The zero-order valence-electron chi connectivity index (χ0n) is 11.3. The van der Waals surface area contributed by atoms with Crippen LogP contribution in [0.1, 0.15) is 22.3 Å². The zero-order valence-corrected chi connectivity index (χ0v) is 12.1. The summed E-state index contributed by atoms with van der Waals surface area (Å²) in [6.45, 7) is 1.96. The van der Waals surface area contributed by atoms with Crippen molar-refractivity contribution in [1.29, 1.82) is 5.26 Å². The number of nitrogens with zero attached hydrogens (tertiary/aromatic N) is 3. The number of aromatic nitrogens is 2. The van der Waals surface area contributed by atoms with Crippen LogP contribution in [0, 0.1) is 11.3 Å². The highest BCUT2D eigenvalue weighted by atomic mass is 32.1. The lowest BCUT2D eigenvalue weighted by Crippen LogP contribution is -2.03. The molecule has 0 atom stereocenters. The van der Waals surface area contributed by atoms with E-state index in [2.05, 4.69) is 10.2 Å². The molecule has 8 heteroatoms. The molecule has 1 heterocycles. The summed E-state index contributed by atoms with van der Waals surface area (Å²) in [4.78, 5) is 11.5. The third kappa shape index (κ3) is 3.67. The van der Waals surface area contributed by atoms with E-state index in [1.54, 1.807) is 19.1 Å². The summed E-state index contributed by atoms with van der Waals surface area (Å²) >= 11 is 0.960. The lowest BCUT2D eigenvalue weighted by molar-refractivity contribution is 0.0525. The van der Waals surface area contributed by atoms with Crippen LogP contribution in [0.25, 0.3) is 0 Å². The molecule has 0 aliphatic heterocycles. The SMILES string of the molecule is CCOC(=O)c1nnc(Oc2cc(C#N)cc(OC)c2)s1. The molecule has 0 N–H and O–H groups in total. The third-order valence-electron chi connectivity index (χ3n) is 2.31. The number of rotatable bonds is 5. The summed E-state index contributed by atoms with van der Waals surface area (Å²) < 4.78 is 15.4. The standard InChI is InChI=1S/C13H11N3O4S/c1-3-19-12(17)11-15-16-13(21-11)20-10-5-8(7-14)4-9(6-10)18-2/h4-6H,3H2,1-2H3. The fraction of sp³-hybridized carbons (Fsp3) is 0.231. The van der Waals surface area contributed by atoms with E-state index in [1.807, 2.05) is 6.07 Å². The van der Waals surface area contributed by atoms with Gasteiger partial charge in [-0.15, -0.1) is 5.10 Å². The van der Waals surface area contributed by atoms with Crippen LogP contribution < -0.4 is 9.47 Å². The fourth-order valence-corrected chi connectivity index (χ4v) is 2.05. The highest BCUT2D eigenvalue weighted by Gasteiger charge is 2.15. The number of nitriles is 1. The normalized spacial score (nSPS) is 9.76. The first-order chi connectivity index (χ1) is 10.2. The van der Waals surface area contributed by atoms with Gasteiger partial charge in [0.2, 0.25) is 5.01 Å². The summed E-state index contributed by atoms with van der Waals surface area (Å²) in [6, 6.07) is 6.72. The summed E-state index contributed by atoms with van der Waals surface area (Å²) in [7, 11) is 1.49. The van der Waals surface area contributed by atoms with Crippen LogP contribution in [0.2, 0.25) is 0 Å². The van der Waals surface area contributed by atoms with Gasteiger partial charge in [-0.2, -0.15) is 5.26 Å². The predicted octanol–water partition coefficient (Wildman–Crippen LogP) is 2.39. The number of methoxy groups -OCH3 is 1. The van der Waals surface area contributed by atoms with Crippen molar-refractivity contribution >= 4 is 17.3 Å². The number of carbonyl (C=O) groups is 1. The molecule has 0 aliphatic rings. The average molecular weight is 305 g/mol. The topological polar surface area (TPSA) is 94.3 Å². The third-order valence-corrected chi connectivity index (χ3v) is 3.09. The molecular formula is C13H11N3O4S. The van der Waals surface area contributed by atoms with Crippen molar-refractivity contribution in [2.75, 3.05) is 13.7 Å². The Morgan fingerprint density at radius 3 is 2.76 bits per heavy atom. The molecule has 0 bridgehead atoms. The maximum atomic E-state index is 11.5. The Balaban J connectivity index is 2.19. The molecular weight excluding hydrogens is 294 g/mol. The van der Waals surface area contributed by atoms with Crippen molar-refractivity contribution in [1.82, 2.24) is 10.2 Å². The first-order valence-corrected chi connectivity index (χ1v) is 6.75.